The number of benzene rings is 1. The van der Waals surface area contributed by atoms with Crippen molar-refractivity contribution in [2.24, 2.45) is 0 Å². The molecule has 0 bridgehead atoms. The topological polar surface area (TPSA) is 0 Å². The van der Waals surface area contributed by atoms with Crippen LogP contribution in [0.5, 0.6) is 0 Å². The third-order valence-electron chi connectivity index (χ3n) is 2.92. The van der Waals surface area contributed by atoms with Crippen LogP contribution < -0.4 is 5.19 Å². The van der Waals surface area contributed by atoms with Gasteiger partial charge in [-0.3, -0.25) is 0 Å². The summed E-state index contributed by atoms with van der Waals surface area (Å²) < 4.78 is 0. The molecule has 1 rings (SSSR count). The fourth-order valence-corrected chi connectivity index (χ4v) is 4.25. The summed E-state index contributed by atoms with van der Waals surface area (Å²) in [7, 11) is -1.71. The number of hydrogen-bond donors (Lipinski definition) is 0. The van der Waals surface area contributed by atoms with Crippen LogP contribution in [0, 0.1) is 0 Å². The van der Waals surface area contributed by atoms with Crippen molar-refractivity contribution in [2.45, 2.75) is 78.9 Å². The molecule has 0 nitrogen and oxygen atoms in total. The summed E-state index contributed by atoms with van der Waals surface area (Å²) in [6.07, 6.45) is 2.81. The van der Waals surface area contributed by atoms with E-state index in [9.17, 15) is 0 Å². The van der Waals surface area contributed by atoms with E-state index in [0.29, 0.717) is 0 Å². The van der Waals surface area contributed by atoms with Crippen molar-refractivity contribution in [2.75, 3.05) is 0 Å². The molecule has 0 fully saturated rings. The Morgan fingerprint density at radius 1 is 0.800 bits per heavy atom. The van der Waals surface area contributed by atoms with Gasteiger partial charge in [0.05, 0.1) is 8.07 Å². The van der Waals surface area contributed by atoms with Gasteiger partial charge in [0, 0.05) is 8.07 Å². The molecule has 0 unspecified atom stereocenters. The molecular formula is C18H38Si2. The Labute approximate surface area is 131 Å². The molecule has 0 heterocycles. The quantitative estimate of drug-likeness (QED) is 0.566. The molecule has 0 N–H and O–H groups in total. The summed E-state index contributed by atoms with van der Waals surface area (Å²) in [5.74, 6) is 0. The second-order valence-electron chi connectivity index (χ2n) is 7.28. The van der Waals surface area contributed by atoms with E-state index in [2.05, 4.69) is 76.5 Å². The molecule has 1 aromatic rings. The fraction of sp³-hybridized carbons (Fsp3) is 0.667. The van der Waals surface area contributed by atoms with E-state index < -0.39 is 16.1 Å². The molecule has 0 atom stereocenters. The summed E-state index contributed by atoms with van der Waals surface area (Å²) in [5.41, 5.74) is 0. The van der Waals surface area contributed by atoms with Crippen LogP contribution in [-0.2, 0) is 0 Å². The zero-order chi connectivity index (χ0) is 16.2. The SMILES string of the molecule is CC.CCCC[Si](C)(C)C.C[Si](C)(C)c1ccccc1. The van der Waals surface area contributed by atoms with Crippen molar-refractivity contribution in [3.63, 3.8) is 0 Å². The van der Waals surface area contributed by atoms with Crippen molar-refractivity contribution >= 4 is 21.3 Å². The third kappa shape index (κ3) is 14.1. The zero-order valence-electron chi connectivity index (χ0n) is 15.5. The molecule has 2 heteroatoms. The van der Waals surface area contributed by atoms with E-state index in [0.717, 1.165) is 0 Å². The lowest BCUT2D eigenvalue weighted by molar-refractivity contribution is 0.868. The minimum atomic E-state index is -1.03. The maximum atomic E-state index is 2.43. The molecule has 20 heavy (non-hydrogen) atoms. The Bertz CT molecular complexity index is 304. The van der Waals surface area contributed by atoms with Crippen LogP contribution in [0.3, 0.4) is 0 Å². The third-order valence-corrected chi connectivity index (χ3v) is 6.84. The number of unbranched alkanes of at least 4 members (excludes halogenated alkanes) is 1. The van der Waals surface area contributed by atoms with Gasteiger partial charge in [0.15, 0.2) is 0 Å². The van der Waals surface area contributed by atoms with Gasteiger partial charge in [-0.2, -0.15) is 0 Å². The molecule has 0 aliphatic rings. The predicted molar refractivity (Wildman–Crippen MR) is 104 cm³/mol. The molecule has 0 aromatic heterocycles. The highest BCUT2D eigenvalue weighted by atomic mass is 28.3. The minimum Gasteiger partial charge on any atom is -0.0695 e. The van der Waals surface area contributed by atoms with E-state index >= 15 is 0 Å². The van der Waals surface area contributed by atoms with Gasteiger partial charge in [-0.1, -0.05) is 114 Å². The van der Waals surface area contributed by atoms with Crippen molar-refractivity contribution < 1.29 is 0 Å². The summed E-state index contributed by atoms with van der Waals surface area (Å²) in [4.78, 5) is 0. The van der Waals surface area contributed by atoms with Crippen LogP contribution in [-0.4, -0.2) is 16.1 Å². The fourth-order valence-electron chi connectivity index (χ4n) is 1.65. The maximum Gasteiger partial charge on any atom is 0.0775 e. The molecule has 118 valence electrons. The first-order valence-corrected chi connectivity index (χ1v) is 15.4. The Kier molecular flexibility index (Phi) is 12.4. The van der Waals surface area contributed by atoms with Crippen LogP contribution in [0.25, 0.3) is 0 Å². The summed E-state index contributed by atoms with van der Waals surface area (Å²) in [6, 6.07) is 12.3. The number of rotatable bonds is 4. The van der Waals surface area contributed by atoms with E-state index in [1.807, 2.05) is 13.8 Å². The minimum absolute atomic E-state index is 0.678. The Balaban J connectivity index is 0. The van der Waals surface area contributed by atoms with Gasteiger partial charge in [-0.15, -0.1) is 0 Å². The molecule has 0 aliphatic carbocycles. The van der Waals surface area contributed by atoms with Crippen molar-refractivity contribution in [3.05, 3.63) is 30.3 Å². The lowest BCUT2D eigenvalue weighted by Gasteiger charge is -2.15. The average molecular weight is 311 g/mol. The Hall–Kier alpha value is -0.346. The van der Waals surface area contributed by atoms with Gasteiger partial charge in [0.25, 0.3) is 0 Å². The van der Waals surface area contributed by atoms with Gasteiger partial charge in [0.1, 0.15) is 0 Å². The molecule has 0 radical (unpaired) electrons. The van der Waals surface area contributed by atoms with E-state index in [-0.39, 0.29) is 0 Å². The smallest absolute Gasteiger partial charge is 0.0695 e. The second kappa shape index (κ2) is 11.3. The van der Waals surface area contributed by atoms with Gasteiger partial charge in [-0.25, -0.2) is 0 Å². The van der Waals surface area contributed by atoms with Gasteiger partial charge >= 0.3 is 0 Å². The molecule has 0 saturated heterocycles. The van der Waals surface area contributed by atoms with Crippen molar-refractivity contribution in [3.8, 4) is 0 Å². The van der Waals surface area contributed by atoms with Crippen LogP contribution in [0.2, 0.25) is 45.3 Å². The molecule has 1 aromatic carbocycles. The van der Waals surface area contributed by atoms with Crippen LogP contribution in [0.1, 0.15) is 33.6 Å². The second-order valence-corrected chi connectivity index (χ2v) is 18.0. The lowest BCUT2D eigenvalue weighted by Crippen LogP contribution is -2.37. The maximum absolute atomic E-state index is 2.43. The summed E-state index contributed by atoms with van der Waals surface area (Å²) >= 11 is 0. The summed E-state index contributed by atoms with van der Waals surface area (Å²) in [5, 5.41) is 1.54. The van der Waals surface area contributed by atoms with Gasteiger partial charge in [0.2, 0.25) is 0 Å². The van der Waals surface area contributed by atoms with E-state index in [4.69, 9.17) is 0 Å². The largest absolute Gasteiger partial charge is 0.0775 e. The predicted octanol–water partition coefficient (Wildman–Crippen LogP) is 6.38. The van der Waals surface area contributed by atoms with Crippen molar-refractivity contribution in [1.82, 2.24) is 0 Å². The van der Waals surface area contributed by atoms with Crippen LogP contribution in [0.4, 0.5) is 0 Å². The Morgan fingerprint density at radius 2 is 1.25 bits per heavy atom. The first kappa shape index (κ1) is 21.9. The molecular weight excluding hydrogens is 272 g/mol. The van der Waals surface area contributed by atoms with Crippen LogP contribution in [0.15, 0.2) is 30.3 Å². The van der Waals surface area contributed by atoms with Gasteiger partial charge < -0.3 is 0 Å². The number of hydrogen-bond acceptors (Lipinski definition) is 0. The molecule has 0 spiro atoms. The standard InChI is InChI=1S/C9H14Si.C7H18Si.C2H6/c1-10(2,3)9-7-5-4-6-8-9;1-5-6-7-8(2,3)4;1-2/h4-8H,1-3H3;5-7H2,1-4H3;1-2H3. The van der Waals surface area contributed by atoms with E-state index in [1.54, 1.807) is 0 Å². The van der Waals surface area contributed by atoms with Crippen LogP contribution >= 0.6 is 0 Å². The zero-order valence-corrected chi connectivity index (χ0v) is 17.5. The molecule has 0 amide bonds. The lowest BCUT2D eigenvalue weighted by atomic mass is 10.4. The normalized spacial score (nSPS) is 10.8. The first-order valence-electron chi connectivity index (χ1n) is 8.22. The monoisotopic (exact) mass is 310 g/mol. The van der Waals surface area contributed by atoms with Crippen molar-refractivity contribution in [1.29, 1.82) is 0 Å². The Morgan fingerprint density at radius 3 is 1.45 bits per heavy atom. The van der Waals surface area contributed by atoms with Gasteiger partial charge in [-0.05, 0) is 0 Å². The highest BCUT2D eigenvalue weighted by molar-refractivity contribution is 6.88. The highest BCUT2D eigenvalue weighted by Crippen LogP contribution is 2.11. The summed E-state index contributed by atoms with van der Waals surface area (Å²) in [6.45, 7) is 20.7. The first-order chi connectivity index (χ1) is 9.17. The molecule has 0 saturated carbocycles. The average Bonchev–Trinajstić information content (AvgIpc) is 2.39. The molecule has 0 aliphatic heterocycles. The van der Waals surface area contributed by atoms with E-state index in [1.165, 1.54) is 24.1 Å². The highest BCUT2D eigenvalue weighted by Gasteiger charge is 2.14.